The molecule has 3 heteroatoms. The third-order valence-corrected chi connectivity index (χ3v) is 1.37. The summed E-state index contributed by atoms with van der Waals surface area (Å²) in [7, 11) is 3.33. The molecule has 3 nitrogen and oxygen atoms in total. The van der Waals surface area contributed by atoms with E-state index in [1.165, 1.54) is 0 Å². The van der Waals surface area contributed by atoms with Crippen LogP contribution < -0.4 is 0 Å². The highest BCUT2D eigenvalue weighted by atomic mass is 16.8. The van der Waals surface area contributed by atoms with Crippen molar-refractivity contribution in [2.75, 3.05) is 20.8 Å². The van der Waals surface area contributed by atoms with E-state index in [1.807, 2.05) is 0 Å². The second-order valence-electron chi connectivity index (χ2n) is 2.06. The lowest BCUT2D eigenvalue weighted by atomic mass is 10.3. The zero-order valence-corrected chi connectivity index (χ0v) is 5.79. The first kappa shape index (κ1) is 6.99. The van der Waals surface area contributed by atoms with E-state index in [1.54, 1.807) is 14.2 Å². The van der Waals surface area contributed by atoms with Gasteiger partial charge in [0.1, 0.15) is 6.10 Å². The molecule has 1 rings (SSSR count). The van der Waals surface area contributed by atoms with E-state index in [0.29, 0.717) is 0 Å². The zero-order chi connectivity index (χ0) is 6.69. The monoisotopic (exact) mass is 132 g/mol. The Balaban J connectivity index is 1.92. The summed E-state index contributed by atoms with van der Waals surface area (Å²) in [5, 5.41) is 0. The summed E-state index contributed by atoms with van der Waals surface area (Å²) in [5.41, 5.74) is 0. The first-order valence-corrected chi connectivity index (χ1v) is 3.05. The normalized spacial score (nSPS) is 32.7. The molecule has 0 spiro atoms. The Morgan fingerprint density at radius 3 is 2.67 bits per heavy atom. The highest BCUT2D eigenvalue weighted by molar-refractivity contribution is 4.75. The molecule has 1 saturated heterocycles. The Kier molecular flexibility index (Phi) is 2.45. The molecular weight excluding hydrogens is 120 g/mol. The maximum Gasteiger partial charge on any atom is 0.184 e. The summed E-state index contributed by atoms with van der Waals surface area (Å²) in [4.78, 5) is 0. The fourth-order valence-electron chi connectivity index (χ4n) is 0.772. The molecule has 9 heavy (non-hydrogen) atoms. The standard InChI is InChI=1S/C6H12O3/c1-7-4-3-5-6(8-2)9-5/h5-6H,3-4H2,1-2H3. The number of ether oxygens (including phenoxy) is 3. The van der Waals surface area contributed by atoms with Crippen LogP contribution in [0.25, 0.3) is 0 Å². The molecule has 0 aromatic heterocycles. The van der Waals surface area contributed by atoms with Crippen molar-refractivity contribution < 1.29 is 14.2 Å². The van der Waals surface area contributed by atoms with Gasteiger partial charge in [-0.2, -0.15) is 0 Å². The molecule has 0 saturated carbocycles. The van der Waals surface area contributed by atoms with Crippen LogP contribution in [-0.2, 0) is 14.2 Å². The van der Waals surface area contributed by atoms with Gasteiger partial charge in [0.2, 0.25) is 0 Å². The Labute approximate surface area is 54.9 Å². The van der Waals surface area contributed by atoms with E-state index in [-0.39, 0.29) is 12.4 Å². The Morgan fingerprint density at radius 1 is 1.44 bits per heavy atom. The predicted molar refractivity (Wildman–Crippen MR) is 32.2 cm³/mol. The summed E-state index contributed by atoms with van der Waals surface area (Å²) in [6.45, 7) is 0.754. The van der Waals surface area contributed by atoms with Crippen LogP contribution in [0.5, 0.6) is 0 Å². The van der Waals surface area contributed by atoms with Crippen LogP contribution in [0.4, 0.5) is 0 Å². The molecule has 0 aromatic carbocycles. The van der Waals surface area contributed by atoms with Gasteiger partial charge in [-0.25, -0.2) is 0 Å². The highest BCUT2D eigenvalue weighted by Gasteiger charge is 2.38. The second kappa shape index (κ2) is 3.15. The van der Waals surface area contributed by atoms with Crippen molar-refractivity contribution in [3.8, 4) is 0 Å². The maximum atomic E-state index is 5.07. The molecule has 0 bridgehead atoms. The van der Waals surface area contributed by atoms with Crippen molar-refractivity contribution in [2.45, 2.75) is 18.8 Å². The van der Waals surface area contributed by atoms with E-state index in [2.05, 4.69) is 0 Å². The number of hydrogen-bond acceptors (Lipinski definition) is 3. The topological polar surface area (TPSA) is 31.0 Å². The molecule has 0 aliphatic carbocycles. The summed E-state index contributed by atoms with van der Waals surface area (Å²) >= 11 is 0. The van der Waals surface area contributed by atoms with Crippen molar-refractivity contribution in [2.24, 2.45) is 0 Å². The molecule has 0 radical (unpaired) electrons. The second-order valence-corrected chi connectivity index (χ2v) is 2.06. The predicted octanol–water partition coefficient (Wildman–Crippen LogP) is 0.394. The largest absolute Gasteiger partial charge is 0.385 e. The lowest BCUT2D eigenvalue weighted by Gasteiger charge is -1.91. The third kappa shape index (κ3) is 1.93. The van der Waals surface area contributed by atoms with Crippen molar-refractivity contribution in [1.29, 1.82) is 0 Å². The third-order valence-electron chi connectivity index (χ3n) is 1.37. The minimum atomic E-state index is 0.0418. The lowest BCUT2D eigenvalue weighted by molar-refractivity contribution is 0.0950. The van der Waals surface area contributed by atoms with E-state index in [4.69, 9.17) is 14.2 Å². The Bertz CT molecular complexity index is 84.4. The number of hydrogen-bond donors (Lipinski definition) is 0. The van der Waals surface area contributed by atoms with Gasteiger partial charge in [0.05, 0.1) is 0 Å². The minimum absolute atomic E-state index is 0.0418. The fraction of sp³-hybridized carbons (Fsp3) is 1.00. The number of rotatable bonds is 4. The van der Waals surface area contributed by atoms with Crippen molar-refractivity contribution in [3.05, 3.63) is 0 Å². The number of methoxy groups -OCH3 is 2. The average Bonchev–Trinajstić information content (AvgIpc) is 2.62. The van der Waals surface area contributed by atoms with Crippen molar-refractivity contribution in [1.82, 2.24) is 0 Å². The van der Waals surface area contributed by atoms with Crippen molar-refractivity contribution >= 4 is 0 Å². The maximum absolute atomic E-state index is 5.07. The smallest absolute Gasteiger partial charge is 0.184 e. The first-order valence-electron chi connectivity index (χ1n) is 3.05. The molecule has 1 aliphatic heterocycles. The van der Waals surface area contributed by atoms with Crippen LogP contribution in [-0.4, -0.2) is 33.2 Å². The van der Waals surface area contributed by atoms with Gasteiger partial charge in [-0.3, -0.25) is 0 Å². The van der Waals surface area contributed by atoms with Crippen molar-refractivity contribution in [3.63, 3.8) is 0 Å². The van der Waals surface area contributed by atoms with Gasteiger partial charge in [-0.1, -0.05) is 0 Å². The van der Waals surface area contributed by atoms with Crippen LogP contribution in [0.15, 0.2) is 0 Å². The molecule has 0 amide bonds. The van der Waals surface area contributed by atoms with Gasteiger partial charge in [0.15, 0.2) is 6.29 Å². The molecule has 54 valence electrons. The molecule has 1 aliphatic rings. The molecule has 2 unspecified atom stereocenters. The van der Waals surface area contributed by atoms with Crippen LogP contribution in [0, 0.1) is 0 Å². The molecule has 2 atom stereocenters. The molecule has 1 fully saturated rings. The molecule has 0 N–H and O–H groups in total. The Morgan fingerprint density at radius 2 is 2.22 bits per heavy atom. The van der Waals surface area contributed by atoms with Crippen LogP contribution in [0.1, 0.15) is 6.42 Å². The average molecular weight is 132 g/mol. The molecule has 1 heterocycles. The van der Waals surface area contributed by atoms with Gasteiger partial charge >= 0.3 is 0 Å². The van der Waals surface area contributed by atoms with E-state index >= 15 is 0 Å². The van der Waals surface area contributed by atoms with E-state index < -0.39 is 0 Å². The lowest BCUT2D eigenvalue weighted by Crippen LogP contribution is -1.99. The summed E-state index contributed by atoms with van der Waals surface area (Å²) < 4.78 is 14.8. The minimum Gasteiger partial charge on any atom is -0.385 e. The first-order chi connectivity index (χ1) is 4.38. The summed E-state index contributed by atoms with van der Waals surface area (Å²) in [6.07, 6.45) is 1.27. The van der Waals surface area contributed by atoms with E-state index in [0.717, 1.165) is 13.0 Å². The van der Waals surface area contributed by atoms with Crippen LogP contribution in [0.2, 0.25) is 0 Å². The number of epoxide rings is 1. The highest BCUT2D eigenvalue weighted by Crippen LogP contribution is 2.24. The van der Waals surface area contributed by atoms with E-state index in [9.17, 15) is 0 Å². The van der Waals surface area contributed by atoms with Gasteiger partial charge < -0.3 is 14.2 Å². The summed E-state index contributed by atoms with van der Waals surface area (Å²) in [6, 6.07) is 0. The van der Waals surface area contributed by atoms with Crippen LogP contribution >= 0.6 is 0 Å². The molecule has 0 aromatic rings. The fourth-order valence-corrected chi connectivity index (χ4v) is 0.772. The Hall–Kier alpha value is -0.120. The quantitative estimate of drug-likeness (QED) is 0.518. The summed E-state index contributed by atoms with van der Waals surface area (Å²) in [5.74, 6) is 0. The zero-order valence-electron chi connectivity index (χ0n) is 5.79. The molecular formula is C6H12O3. The SMILES string of the molecule is COCCC1OC1OC. The van der Waals surface area contributed by atoms with Gasteiger partial charge in [-0.05, 0) is 0 Å². The van der Waals surface area contributed by atoms with Gasteiger partial charge in [0.25, 0.3) is 0 Å². The van der Waals surface area contributed by atoms with Gasteiger partial charge in [0, 0.05) is 27.2 Å². The van der Waals surface area contributed by atoms with Gasteiger partial charge in [-0.15, -0.1) is 0 Å². The van der Waals surface area contributed by atoms with Crippen LogP contribution in [0.3, 0.4) is 0 Å².